The lowest BCUT2D eigenvalue weighted by molar-refractivity contribution is -0.00758. The Morgan fingerprint density at radius 3 is 2.52 bits per heavy atom. The largest absolute Gasteiger partial charge is 0.497 e. The predicted molar refractivity (Wildman–Crippen MR) is 191 cm³/mol. The van der Waals surface area contributed by atoms with Crippen LogP contribution in [-0.4, -0.2) is 87.8 Å². The van der Waals surface area contributed by atoms with E-state index < -0.39 is 21.4 Å². The summed E-state index contributed by atoms with van der Waals surface area (Å²) in [6, 6.07) is 20.8. The van der Waals surface area contributed by atoms with Gasteiger partial charge < -0.3 is 29.2 Å². The number of aryl methyl sites for hydroxylation is 2. The number of piperidine rings is 1. The second-order valence-corrected chi connectivity index (χ2v) is 15.2. The number of hydrogen-bond acceptors (Lipinski definition) is 11. The van der Waals surface area contributed by atoms with Gasteiger partial charge in [0.25, 0.3) is 0 Å². The summed E-state index contributed by atoms with van der Waals surface area (Å²) >= 11 is 0. The minimum Gasteiger partial charge on any atom is -0.497 e. The molecule has 4 aromatic rings. The van der Waals surface area contributed by atoms with Crippen molar-refractivity contribution in [1.82, 2.24) is 25.5 Å². The molecule has 12 nitrogen and oxygen atoms in total. The monoisotopic (exact) mass is 704 g/mol. The Labute approximate surface area is 295 Å². The number of nitrogens with one attached hydrogen (secondary N) is 1. The summed E-state index contributed by atoms with van der Waals surface area (Å²) in [6.45, 7) is 9.07. The number of aromatic nitrogens is 4. The summed E-state index contributed by atoms with van der Waals surface area (Å²) in [7, 11) is -0.652. The van der Waals surface area contributed by atoms with Crippen molar-refractivity contribution in [2.24, 2.45) is 0 Å². The number of ether oxygens (including phenoxy) is 4. The molecule has 50 heavy (non-hydrogen) atoms. The molecule has 0 spiro atoms. The zero-order valence-corrected chi connectivity index (χ0v) is 30.3. The van der Waals surface area contributed by atoms with Crippen molar-refractivity contribution in [2.75, 3.05) is 52.0 Å². The zero-order valence-electron chi connectivity index (χ0n) is 29.5. The van der Waals surface area contributed by atoms with Gasteiger partial charge in [-0.2, -0.15) is 0 Å². The maximum absolute atomic E-state index is 14.6. The molecule has 0 bridgehead atoms. The molecule has 0 radical (unpaired) electrons. The lowest BCUT2D eigenvalue weighted by Crippen LogP contribution is -2.48. The van der Waals surface area contributed by atoms with Gasteiger partial charge in [0.15, 0.2) is 5.44 Å². The van der Waals surface area contributed by atoms with Gasteiger partial charge in [0, 0.05) is 38.8 Å². The molecule has 0 amide bonds. The Kier molecular flexibility index (Phi) is 11.4. The van der Waals surface area contributed by atoms with Gasteiger partial charge in [0.2, 0.25) is 9.84 Å². The summed E-state index contributed by atoms with van der Waals surface area (Å²) < 4.78 is 54.8. The number of sulfone groups is 1. The van der Waals surface area contributed by atoms with Gasteiger partial charge in [-0.15, -0.1) is 5.10 Å². The van der Waals surface area contributed by atoms with Crippen LogP contribution in [0.15, 0.2) is 71.6 Å². The number of fused-ring (bicyclic) bond motifs is 1. The van der Waals surface area contributed by atoms with E-state index in [0.29, 0.717) is 31.9 Å². The standard InChI is InChI=1S/C37H48N6O6S/c1-25-7-14-32(15-8-25)50(44,45)37(29-11-16-35-34(22-29)42(18-20-48-35)17-6-19-46-4)49-36-24-38-30(21-26(2)43-27(3)39-40-41-43)23-33(36)28-9-12-31(47-5)13-10-28/h7-16,22,26,30,33,36-38H,6,17-21,23-24H2,1-5H3/t26-,30+,33-,36+,37?/m1/s1. The fraction of sp³-hybridized carbons (Fsp3) is 0.486. The van der Waals surface area contributed by atoms with E-state index in [1.54, 1.807) is 26.4 Å². The first-order valence-electron chi connectivity index (χ1n) is 17.3. The predicted octanol–water partition coefficient (Wildman–Crippen LogP) is 5.19. The fourth-order valence-corrected chi connectivity index (χ4v) is 8.61. The summed E-state index contributed by atoms with van der Waals surface area (Å²) in [6.07, 6.45) is 1.90. The van der Waals surface area contributed by atoms with Gasteiger partial charge >= 0.3 is 0 Å². The number of methoxy groups -OCH3 is 2. The van der Waals surface area contributed by atoms with Crippen molar-refractivity contribution in [2.45, 2.75) is 74.5 Å². The first-order chi connectivity index (χ1) is 24.2. The van der Waals surface area contributed by atoms with Crippen LogP contribution in [-0.2, 0) is 19.3 Å². The van der Waals surface area contributed by atoms with Gasteiger partial charge in [0.05, 0.1) is 36.4 Å². The summed E-state index contributed by atoms with van der Waals surface area (Å²) in [4.78, 5) is 2.45. The van der Waals surface area contributed by atoms with Crippen molar-refractivity contribution >= 4 is 15.5 Å². The number of rotatable bonds is 14. The molecule has 3 aromatic carbocycles. The van der Waals surface area contributed by atoms with Gasteiger partial charge in [-0.05, 0) is 98.0 Å². The SMILES string of the molecule is COCCCN1CCOc2ccc(C(O[C@H]3CN[C@@H](C[C@@H](C)n4nnnc4C)C[C@@H]3c3ccc(OC)cc3)S(=O)(=O)c3ccc(C)cc3)cc21. The van der Waals surface area contributed by atoms with Crippen molar-refractivity contribution in [3.05, 3.63) is 89.2 Å². The summed E-state index contributed by atoms with van der Waals surface area (Å²) in [5.74, 6) is 2.15. The Hall–Kier alpha value is -4.04. The van der Waals surface area contributed by atoms with E-state index in [-0.39, 0.29) is 22.9 Å². The molecule has 1 unspecified atom stereocenters. The normalized spacial score (nSPS) is 20.5. The Balaban J connectivity index is 1.35. The highest BCUT2D eigenvalue weighted by molar-refractivity contribution is 7.91. The van der Waals surface area contributed by atoms with Crippen molar-refractivity contribution in [3.63, 3.8) is 0 Å². The molecule has 0 saturated carbocycles. The molecule has 2 aliphatic heterocycles. The molecule has 3 heterocycles. The van der Waals surface area contributed by atoms with Gasteiger partial charge in [-0.25, -0.2) is 13.1 Å². The zero-order chi connectivity index (χ0) is 35.3. The van der Waals surface area contributed by atoms with Crippen LogP contribution < -0.4 is 19.7 Å². The van der Waals surface area contributed by atoms with Crippen LogP contribution in [0.25, 0.3) is 0 Å². The average Bonchev–Trinajstić information content (AvgIpc) is 3.57. The fourth-order valence-electron chi connectivity index (χ4n) is 7.06. The van der Waals surface area contributed by atoms with Gasteiger partial charge in [-0.3, -0.25) is 0 Å². The van der Waals surface area contributed by atoms with Crippen molar-refractivity contribution < 1.29 is 27.4 Å². The second-order valence-electron chi connectivity index (χ2n) is 13.2. The Bertz CT molecular complexity index is 1820. The lowest BCUT2D eigenvalue weighted by atomic mass is 9.82. The molecular formula is C37H48N6O6S. The molecule has 268 valence electrons. The highest BCUT2D eigenvalue weighted by atomic mass is 32.2. The molecule has 2 aliphatic rings. The van der Waals surface area contributed by atoms with E-state index in [2.05, 4.69) is 44.8 Å². The van der Waals surface area contributed by atoms with E-state index in [4.69, 9.17) is 18.9 Å². The topological polar surface area (TPSA) is 130 Å². The quantitative estimate of drug-likeness (QED) is 0.174. The molecule has 1 aromatic heterocycles. The first-order valence-corrected chi connectivity index (χ1v) is 18.8. The van der Waals surface area contributed by atoms with Crippen LogP contribution in [0.5, 0.6) is 11.5 Å². The van der Waals surface area contributed by atoms with Crippen LogP contribution >= 0.6 is 0 Å². The van der Waals surface area contributed by atoms with Crippen molar-refractivity contribution in [1.29, 1.82) is 0 Å². The van der Waals surface area contributed by atoms with Crippen LogP contribution in [0.1, 0.15) is 66.1 Å². The third kappa shape index (κ3) is 7.96. The maximum atomic E-state index is 14.6. The smallest absolute Gasteiger partial charge is 0.209 e. The van der Waals surface area contributed by atoms with E-state index in [9.17, 15) is 8.42 Å². The third-order valence-corrected chi connectivity index (χ3v) is 11.6. The highest BCUT2D eigenvalue weighted by Gasteiger charge is 2.39. The first kappa shape index (κ1) is 35.8. The second kappa shape index (κ2) is 15.9. The molecule has 5 atom stereocenters. The molecule has 1 fully saturated rings. The Morgan fingerprint density at radius 2 is 1.82 bits per heavy atom. The van der Waals surface area contributed by atoms with Gasteiger partial charge in [0.1, 0.15) is 23.9 Å². The summed E-state index contributed by atoms with van der Waals surface area (Å²) in [5.41, 5.74) is 2.20. The number of nitrogens with zero attached hydrogens (tertiary/aromatic N) is 5. The molecule has 6 rings (SSSR count). The molecule has 1 N–H and O–H groups in total. The van der Waals surface area contributed by atoms with Crippen LogP contribution in [0.2, 0.25) is 0 Å². The molecule has 1 saturated heterocycles. The number of hydrogen-bond donors (Lipinski definition) is 1. The van der Waals surface area contributed by atoms with Crippen LogP contribution in [0.4, 0.5) is 5.69 Å². The minimum absolute atomic E-state index is 0.0655. The number of tetrazole rings is 1. The molecule has 13 heteroatoms. The van der Waals surface area contributed by atoms with Crippen molar-refractivity contribution in [3.8, 4) is 11.5 Å². The molecular weight excluding hydrogens is 657 g/mol. The van der Waals surface area contributed by atoms with Crippen LogP contribution in [0.3, 0.4) is 0 Å². The third-order valence-electron chi connectivity index (χ3n) is 9.76. The number of benzene rings is 3. The summed E-state index contributed by atoms with van der Waals surface area (Å²) in [5, 5.41) is 15.8. The Morgan fingerprint density at radius 1 is 1.04 bits per heavy atom. The highest BCUT2D eigenvalue weighted by Crippen LogP contribution is 2.42. The maximum Gasteiger partial charge on any atom is 0.209 e. The minimum atomic E-state index is -3.99. The van der Waals surface area contributed by atoms with E-state index in [1.807, 2.05) is 61.0 Å². The van der Waals surface area contributed by atoms with E-state index >= 15 is 0 Å². The van der Waals surface area contributed by atoms with Gasteiger partial charge in [-0.1, -0.05) is 35.9 Å². The lowest BCUT2D eigenvalue weighted by Gasteiger charge is -2.40. The van der Waals surface area contributed by atoms with E-state index in [0.717, 1.165) is 59.9 Å². The average molecular weight is 705 g/mol. The number of anilines is 1. The molecule has 0 aliphatic carbocycles. The van der Waals surface area contributed by atoms with Crippen LogP contribution in [0, 0.1) is 13.8 Å². The van der Waals surface area contributed by atoms with E-state index in [1.165, 1.54) is 0 Å².